The molecule has 18 heavy (non-hydrogen) atoms. The Labute approximate surface area is 111 Å². The highest BCUT2D eigenvalue weighted by atomic mass is 32.1. The van der Waals surface area contributed by atoms with Gasteiger partial charge in [-0.25, -0.2) is 4.98 Å². The molecule has 0 aromatic carbocycles. The van der Waals surface area contributed by atoms with Gasteiger partial charge in [-0.2, -0.15) is 0 Å². The van der Waals surface area contributed by atoms with Crippen LogP contribution in [-0.2, 0) is 19.5 Å². The van der Waals surface area contributed by atoms with Crippen LogP contribution < -0.4 is 10.6 Å². The van der Waals surface area contributed by atoms with Gasteiger partial charge in [-0.3, -0.25) is 0 Å². The van der Waals surface area contributed by atoms with Gasteiger partial charge in [0.1, 0.15) is 5.82 Å². The summed E-state index contributed by atoms with van der Waals surface area (Å²) in [6, 6.07) is 6.40. The Hall–Kier alpha value is -1.39. The van der Waals surface area contributed by atoms with Crippen LogP contribution in [0.15, 0.2) is 23.6 Å². The smallest absolute Gasteiger partial charge is 0.129 e. The molecule has 0 fully saturated rings. The molecule has 0 amide bonds. The molecule has 3 rings (SSSR count). The highest BCUT2D eigenvalue weighted by Gasteiger charge is 2.18. The molecular formula is C14H17N3S. The number of fused-ring (bicyclic) bond motifs is 1. The number of thiophene rings is 1. The van der Waals surface area contributed by atoms with Crippen molar-refractivity contribution in [2.24, 2.45) is 5.73 Å². The average Bonchev–Trinajstić information content (AvgIpc) is 2.85. The van der Waals surface area contributed by atoms with Crippen molar-refractivity contribution in [3.63, 3.8) is 0 Å². The molecule has 0 aliphatic carbocycles. The zero-order valence-corrected chi connectivity index (χ0v) is 11.3. The van der Waals surface area contributed by atoms with E-state index >= 15 is 0 Å². The topological polar surface area (TPSA) is 42.1 Å². The van der Waals surface area contributed by atoms with Gasteiger partial charge in [-0.15, -0.1) is 11.3 Å². The van der Waals surface area contributed by atoms with E-state index in [2.05, 4.69) is 33.5 Å². The summed E-state index contributed by atoms with van der Waals surface area (Å²) in [6.07, 6.45) is 1.13. The molecule has 2 N–H and O–H groups in total. The third kappa shape index (κ3) is 2.13. The second kappa shape index (κ2) is 4.71. The highest BCUT2D eigenvalue weighted by Crippen LogP contribution is 2.27. The molecule has 4 heteroatoms. The fourth-order valence-electron chi connectivity index (χ4n) is 2.44. The molecule has 1 aliphatic rings. The molecule has 2 aromatic rings. The molecule has 0 saturated heterocycles. The third-order valence-electron chi connectivity index (χ3n) is 3.37. The zero-order valence-electron chi connectivity index (χ0n) is 10.5. The predicted molar refractivity (Wildman–Crippen MR) is 75.9 cm³/mol. The Morgan fingerprint density at radius 3 is 3.17 bits per heavy atom. The van der Waals surface area contributed by atoms with Crippen LogP contribution in [-0.4, -0.2) is 11.5 Å². The van der Waals surface area contributed by atoms with Crippen molar-refractivity contribution >= 4 is 17.2 Å². The summed E-state index contributed by atoms with van der Waals surface area (Å²) in [5.41, 5.74) is 9.39. The fourth-order valence-corrected chi connectivity index (χ4v) is 3.33. The van der Waals surface area contributed by atoms with Crippen LogP contribution in [0.2, 0.25) is 0 Å². The second-order valence-electron chi connectivity index (χ2n) is 4.72. The lowest BCUT2D eigenvalue weighted by Gasteiger charge is -2.28. The number of aryl methyl sites for hydroxylation is 1. The Balaban J connectivity index is 1.90. The predicted octanol–water partition coefficient (Wildman–Crippen LogP) is 2.47. The number of hydrogen-bond donors (Lipinski definition) is 1. The molecular weight excluding hydrogens is 242 g/mol. The molecule has 0 atom stereocenters. The number of aromatic nitrogens is 1. The Morgan fingerprint density at radius 2 is 2.33 bits per heavy atom. The number of hydrogen-bond acceptors (Lipinski definition) is 4. The van der Waals surface area contributed by atoms with E-state index in [4.69, 9.17) is 5.73 Å². The maximum atomic E-state index is 5.73. The molecule has 3 nitrogen and oxygen atoms in total. The fraction of sp³-hybridized carbons (Fsp3) is 0.357. The zero-order chi connectivity index (χ0) is 12.5. The normalized spacial score (nSPS) is 14.7. The highest BCUT2D eigenvalue weighted by molar-refractivity contribution is 7.10. The SMILES string of the molecule is Cc1cc(CN)cc(N2CCc3sccc3C2)n1. The van der Waals surface area contributed by atoms with E-state index in [1.807, 2.05) is 18.3 Å². The average molecular weight is 259 g/mol. The van der Waals surface area contributed by atoms with Gasteiger partial charge in [0.25, 0.3) is 0 Å². The van der Waals surface area contributed by atoms with E-state index in [9.17, 15) is 0 Å². The summed E-state index contributed by atoms with van der Waals surface area (Å²) in [5.74, 6) is 1.06. The first-order chi connectivity index (χ1) is 8.76. The maximum absolute atomic E-state index is 5.73. The number of anilines is 1. The van der Waals surface area contributed by atoms with Crippen molar-refractivity contribution in [2.45, 2.75) is 26.4 Å². The molecule has 0 bridgehead atoms. The second-order valence-corrected chi connectivity index (χ2v) is 5.72. The third-order valence-corrected chi connectivity index (χ3v) is 4.39. The van der Waals surface area contributed by atoms with E-state index in [1.54, 1.807) is 0 Å². The Kier molecular flexibility index (Phi) is 3.06. The van der Waals surface area contributed by atoms with Crippen LogP contribution in [0, 0.1) is 6.92 Å². The quantitative estimate of drug-likeness (QED) is 0.901. The Morgan fingerprint density at radius 1 is 1.44 bits per heavy atom. The van der Waals surface area contributed by atoms with Crippen LogP contribution in [0.5, 0.6) is 0 Å². The monoisotopic (exact) mass is 259 g/mol. The van der Waals surface area contributed by atoms with Gasteiger partial charge in [0.2, 0.25) is 0 Å². The van der Waals surface area contributed by atoms with Gasteiger partial charge in [0, 0.05) is 30.2 Å². The molecule has 1 aliphatic heterocycles. The number of rotatable bonds is 2. The van der Waals surface area contributed by atoms with Gasteiger partial charge in [-0.1, -0.05) is 0 Å². The van der Waals surface area contributed by atoms with Gasteiger partial charge in [0.05, 0.1) is 0 Å². The minimum Gasteiger partial charge on any atom is -0.352 e. The molecule has 0 spiro atoms. The van der Waals surface area contributed by atoms with E-state index in [0.29, 0.717) is 6.54 Å². The first-order valence-electron chi connectivity index (χ1n) is 6.24. The lowest BCUT2D eigenvalue weighted by Crippen LogP contribution is -2.30. The van der Waals surface area contributed by atoms with Crippen LogP contribution in [0.4, 0.5) is 5.82 Å². The minimum absolute atomic E-state index is 0.577. The largest absolute Gasteiger partial charge is 0.352 e. The van der Waals surface area contributed by atoms with Gasteiger partial charge in [-0.05, 0) is 48.1 Å². The molecule has 3 heterocycles. The lowest BCUT2D eigenvalue weighted by molar-refractivity contribution is 0.729. The van der Waals surface area contributed by atoms with Gasteiger partial charge < -0.3 is 10.6 Å². The number of pyridine rings is 1. The Bertz CT molecular complexity index is 562. The van der Waals surface area contributed by atoms with Crippen LogP contribution in [0.25, 0.3) is 0 Å². The van der Waals surface area contributed by atoms with Crippen molar-refractivity contribution in [3.05, 3.63) is 45.3 Å². The summed E-state index contributed by atoms with van der Waals surface area (Å²) in [6.45, 7) is 4.63. The summed E-state index contributed by atoms with van der Waals surface area (Å²) in [4.78, 5) is 8.51. The summed E-state index contributed by atoms with van der Waals surface area (Å²) >= 11 is 1.87. The van der Waals surface area contributed by atoms with Crippen molar-refractivity contribution in [2.75, 3.05) is 11.4 Å². The minimum atomic E-state index is 0.577. The number of nitrogens with zero attached hydrogens (tertiary/aromatic N) is 2. The lowest BCUT2D eigenvalue weighted by atomic mass is 10.1. The number of nitrogens with two attached hydrogens (primary N) is 1. The van der Waals surface area contributed by atoms with Crippen LogP contribution in [0.1, 0.15) is 21.7 Å². The summed E-state index contributed by atoms with van der Waals surface area (Å²) in [7, 11) is 0. The molecule has 94 valence electrons. The first-order valence-corrected chi connectivity index (χ1v) is 7.12. The van der Waals surface area contributed by atoms with E-state index in [1.165, 1.54) is 10.4 Å². The molecule has 0 saturated carbocycles. The molecule has 0 unspecified atom stereocenters. The standard InChI is InChI=1S/C14H17N3S/c1-10-6-11(8-15)7-14(16-10)17-4-2-13-12(9-17)3-5-18-13/h3,5-7H,2,4,8-9,15H2,1H3. The van der Waals surface area contributed by atoms with E-state index < -0.39 is 0 Å². The van der Waals surface area contributed by atoms with Crippen molar-refractivity contribution in [1.29, 1.82) is 0 Å². The van der Waals surface area contributed by atoms with Crippen LogP contribution in [0.3, 0.4) is 0 Å². The van der Waals surface area contributed by atoms with Gasteiger partial charge >= 0.3 is 0 Å². The first kappa shape index (κ1) is 11.7. The van der Waals surface area contributed by atoms with Crippen molar-refractivity contribution in [3.8, 4) is 0 Å². The summed E-state index contributed by atoms with van der Waals surface area (Å²) < 4.78 is 0. The van der Waals surface area contributed by atoms with Crippen LogP contribution >= 0.6 is 11.3 Å². The molecule has 2 aromatic heterocycles. The van der Waals surface area contributed by atoms with Crippen molar-refractivity contribution in [1.82, 2.24) is 4.98 Å². The maximum Gasteiger partial charge on any atom is 0.129 e. The summed E-state index contributed by atoms with van der Waals surface area (Å²) in [5, 5.41) is 2.18. The molecule has 0 radical (unpaired) electrons. The van der Waals surface area contributed by atoms with Crippen molar-refractivity contribution < 1.29 is 0 Å². The van der Waals surface area contributed by atoms with E-state index in [-0.39, 0.29) is 0 Å². The van der Waals surface area contributed by atoms with E-state index in [0.717, 1.165) is 36.6 Å². The van der Waals surface area contributed by atoms with Gasteiger partial charge in [0.15, 0.2) is 0 Å².